The fourth-order valence-corrected chi connectivity index (χ4v) is 3.70. The number of amides is 2. The minimum atomic E-state index is -0.645. The molecule has 1 atom stereocenters. The van der Waals surface area contributed by atoms with E-state index >= 15 is 0 Å². The number of nitrogens with one attached hydrogen (secondary N) is 2. The van der Waals surface area contributed by atoms with E-state index in [0.29, 0.717) is 5.69 Å². The Morgan fingerprint density at radius 1 is 1.22 bits per heavy atom. The zero-order chi connectivity index (χ0) is 19.0. The first-order chi connectivity index (χ1) is 13.0. The number of nitrogens with zero attached hydrogens (tertiary/aromatic N) is 1. The lowest BCUT2D eigenvalue weighted by Crippen LogP contribution is -2.30. The van der Waals surface area contributed by atoms with Crippen molar-refractivity contribution in [2.75, 3.05) is 10.6 Å². The van der Waals surface area contributed by atoms with Crippen molar-refractivity contribution in [2.24, 2.45) is 0 Å². The summed E-state index contributed by atoms with van der Waals surface area (Å²) >= 11 is 1.10. The highest BCUT2D eigenvalue weighted by Crippen LogP contribution is 2.34. The molecule has 1 unspecified atom stereocenters. The molecule has 5 nitrogen and oxygen atoms in total. The van der Waals surface area contributed by atoms with Gasteiger partial charge in [-0.25, -0.2) is 13.8 Å². The van der Waals surface area contributed by atoms with Gasteiger partial charge in [0.1, 0.15) is 11.6 Å². The fraction of sp³-hybridized carbons (Fsp3) is 0.105. The topological polar surface area (TPSA) is 71.1 Å². The second-order valence-corrected chi connectivity index (χ2v) is 6.90. The van der Waals surface area contributed by atoms with E-state index in [4.69, 9.17) is 0 Å². The van der Waals surface area contributed by atoms with E-state index in [-0.39, 0.29) is 34.6 Å². The standard InChI is InChI=1S/C19H13F2N3O2S/c20-10-5-6-14(21)13(7-10)16-9-27-19(23-16)24-18(26)12-8-17(25)22-15-4-2-1-3-11(12)15/h1-7,9,12H,8H2,(H,22,25)(H,23,24,26). The number of benzene rings is 2. The number of para-hydroxylation sites is 1. The number of hydrogen-bond donors (Lipinski definition) is 2. The molecule has 0 saturated heterocycles. The molecule has 0 saturated carbocycles. The molecule has 2 N–H and O–H groups in total. The first-order valence-electron chi connectivity index (χ1n) is 8.12. The Kier molecular flexibility index (Phi) is 4.41. The average Bonchev–Trinajstić information content (AvgIpc) is 3.11. The molecule has 2 heterocycles. The molecule has 0 radical (unpaired) electrons. The summed E-state index contributed by atoms with van der Waals surface area (Å²) < 4.78 is 27.3. The van der Waals surface area contributed by atoms with Crippen LogP contribution in [0.15, 0.2) is 47.8 Å². The third-order valence-electron chi connectivity index (χ3n) is 4.25. The smallest absolute Gasteiger partial charge is 0.234 e. The SMILES string of the molecule is O=C1CC(C(=O)Nc2nc(-c3cc(F)ccc3F)cs2)c2ccccc2N1. The molecule has 2 amide bonds. The van der Waals surface area contributed by atoms with E-state index in [1.165, 1.54) is 5.38 Å². The molecule has 8 heteroatoms. The summed E-state index contributed by atoms with van der Waals surface area (Å²) in [6.07, 6.45) is 0.0274. The van der Waals surface area contributed by atoms with Crippen LogP contribution in [0.1, 0.15) is 17.9 Å². The highest BCUT2D eigenvalue weighted by molar-refractivity contribution is 7.14. The van der Waals surface area contributed by atoms with Crippen LogP contribution in [0.25, 0.3) is 11.3 Å². The Labute approximate surface area is 157 Å². The predicted molar refractivity (Wildman–Crippen MR) is 98.5 cm³/mol. The van der Waals surface area contributed by atoms with Crippen molar-refractivity contribution in [1.82, 2.24) is 4.98 Å². The summed E-state index contributed by atoms with van der Waals surface area (Å²) in [5, 5.41) is 7.19. The number of anilines is 2. The van der Waals surface area contributed by atoms with Crippen LogP contribution in [0, 0.1) is 11.6 Å². The van der Waals surface area contributed by atoms with Crippen molar-refractivity contribution >= 4 is 34.0 Å². The monoisotopic (exact) mass is 385 g/mol. The summed E-state index contributed by atoms with van der Waals surface area (Å²) in [5.41, 5.74) is 1.58. The molecule has 0 bridgehead atoms. The van der Waals surface area contributed by atoms with E-state index in [1.807, 2.05) is 0 Å². The van der Waals surface area contributed by atoms with Gasteiger partial charge in [0.2, 0.25) is 11.8 Å². The molecule has 1 aliphatic heterocycles. The van der Waals surface area contributed by atoms with E-state index in [0.717, 1.165) is 35.1 Å². The van der Waals surface area contributed by atoms with Crippen molar-refractivity contribution in [3.63, 3.8) is 0 Å². The summed E-state index contributed by atoms with van der Waals surface area (Å²) in [5.74, 6) is -2.44. The van der Waals surface area contributed by atoms with Gasteiger partial charge in [-0.1, -0.05) is 18.2 Å². The second-order valence-electron chi connectivity index (χ2n) is 6.04. The first kappa shape index (κ1) is 17.3. The Morgan fingerprint density at radius 2 is 2.04 bits per heavy atom. The molecule has 3 aromatic rings. The lowest BCUT2D eigenvalue weighted by atomic mass is 9.90. The van der Waals surface area contributed by atoms with Crippen LogP contribution in [0.2, 0.25) is 0 Å². The fourth-order valence-electron chi connectivity index (χ4n) is 2.99. The van der Waals surface area contributed by atoms with Gasteiger partial charge >= 0.3 is 0 Å². The van der Waals surface area contributed by atoms with Crippen LogP contribution in [-0.4, -0.2) is 16.8 Å². The maximum absolute atomic E-state index is 13.9. The molecule has 4 rings (SSSR count). The van der Waals surface area contributed by atoms with Crippen molar-refractivity contribution in [3.8, 4) is 11.3 Å². The van der Waals surface area contributed by atoms with Gasteiger partial charge in [0, 0.05) is 23.1 Å². The Balaban J connectivity index is 1.57. The third-order valence-corrected chi connectivity index (χ3v) is 5.01. The third kappa shape index (κ3) is 3.43. The van der Waals surface area contributed by atoms with Crippen molar-refractivity contribution in [2.45, 2.75) is 12.3 Å². The van der Waals surface area contributed by atoms with Crippen molar-refractivity contribution < 1.29 is 18.4 Å². The molecule has 0 spiro atoms. The number of fused-ring (bicyclic) bond motifs is 1. The molecule has 136 valence electrons. The van der Waals surface area contributed by atoms with Gasteiger partial charge in [0.15, 0.2) is 5.13 Å². The number of halogens is 2. The minimum Gasteiger partial charge on any atom is -0.326 e. The van der Waals surface area contributed by atoms with E-state index in [2.05, 4.69) is 15.6 Å². The van der Waals surface area contributed by atoms with E-state index < -0.39 is 17.6 Å². The summed E-state index contributed by atoms with van der Waals surface area (Å²) in [6, 6.07) is 10.2. The zero-order valence-electron chi connectivity index (χ0n) is 13.8. The van der Waals surface area contributed by atoms with Gasteiger partial charge in [-0.3, -0.25) is 9.59 Å². The maximum Gasteiger partial charge on any atom is 0.234 e. The van der Waals surface area contributed by atoms with Crippen LogP contribution in [0.5, 0.6) is 0 Å². The van der Waals surface area contributed by atoms with Crippen LogP contribution < -0.4 is 10.6 Å². The summed E-state index contributed by atoms with van der Waals surface area (Å²) in [4.78, 5) is 28.7. The van der Waals surface area contributed by atoms with E-state index in [9.17, 15) is 18.4 Å². The zero-order valence-corrected chi connectivity index (χ0v) is 14.6. The molecule has 2 aromatic carbocycles. The summed E-state index contributed by atoms with van der Waals surface area (Å²) in [7, 11) is 0. The maximum atomic E-state index is 13.9. The van der Waals surface area contributed by atoms with E-state index in [1.54, 1.807) is 24.3 Å². The predicted octanol–water partition coefficient (Wildman–Crippen LogP) is 4.15. The quantitative estimate of drug-likeness (QED) is 0.711. The van der Waals surface area contributed by atoms with Gasteiger partial charge in [0.25, 0.3) is 0 Å². The van der Waals surface area contributed by atoms with Gasteiger partial charge in [-0.2, -0.15) is 0 Å². The van der Waals surface area contributed by atoms with Crippen LogP contribution in [0.3, 0.4) is 0 Å². The minimum absolute atomic E-state index is 0.0224. The Morgan fingerprint density at radius 3 is 2.89 bits per heavy atom. The van der Waals surface area contributed by atoms with Crippen LogP contribution in [-0.2, 0) is 9.59 Å². The van der Waals surface area contributed by atoms with Gasteiger partial charge in [0.05, 0.1) is 11.6 Å². The lowest BCUT2D eigenvalue weighted by Gasteiger charge is -2.24. The van der Waals surface area contributed by atoms with Gasteiger partial charge < -0.3 is 10.6 Å². The average molecular weight is 385 g/mol. The number of carbonyl (C=O) groups is 2. The number of thiazole rings is 1. The molecular weight excluding hydrogens is 372 g/mol. The highest BCUT2D eigenvalue weighted by atomic mass is 32.1. The van der Waals surface area contributed by atoms with Gasteiger partial charge in [-0.05, 0) is 29.8 Å². The number of carbonyl (C=O) groups excluding carboxylic acids is 2. The van der Waals surface area contributed by atoms with Crippen LogP contribution >= 0.6 is 11.3 Å². The molecule has 1 aromatic heterocycles. The highest BCUT2D eigenvalue weighted by Gasteiger charge is 2.30. The van der Waals surface area contributed by atoms with Gasteiger partial charge in [-0.15, -0.1) is 11.3 Å². The lowest BCUT2D eigenvalue weighted by molar-refractivity contribution is -0.123. The molecule has 27 heavy (non-hydrogen) atoms. The number of aromatic nitrogens is 1. The molecule has 0 fully saturated rings. The van der Waals surface area contributed by atoms with Crippen LogP contribution in [0.4, 0.5) is 19.6 Å². The Bertz CT molecular complexity index is 1050. The van der Waals surface area contributed by atoms with Crippen molar-refractivity contribution in [3.05, 3.63) is 65.0 Å². The Hall–Kier alpha value is -3.13. The first-order valence-corrected chi connectivity index (χ1v) is 9.00. The summed E-state index contributed by atoms with van der Waals surface area (Å²) in [6.45, 7) is 0. The molecular formula is C19H13F2N3O2S. The normalized spacial score (nSPS) is 15.8. The second kappa shape index (κ2) is 6.88. The largest absolute Gasteiger partial charge is 0.326 e. The van der Waals surface area contributed by atoms with Crippen molar-refractivity contribution in [1.29, 1.82) is 0 Å². The molecule has 1 aliphatic rings. The number of hydrogen-bond acceptors (Lipinski definition) is 4. The number of rotatable bonds is 3. The molecule has 0 aliphatic carbocycles.